The van der Waals surface area contributed by atoms with Crippen molar-refractivity contribution in [1.82, 2.24) is 9.97 Å². The van der Waals surface area contributed by atoms with Gasteiger partial charge in [0.1, 0.15) is 5.82 Å². The van der Waals surface area contributed by atoms with Gasteiger partial charge in [-0.3, -0.25) is 0 Å². The lowest BCUT2D eigenvalue weighted by molar-refractivity contribution is 0.563. The number of hydrogen-bond donors (Lipinski definition) is 2. The van der Waals surface area contributed by atoms with Crippen molar-refractivity contribution in [3.05, 3.63) is 18.2 Å². The highest BCUT2D eigenvalue weighted by Crippen LogP contribution is 1.78. The minimum absolute atomic E-state index is 0.750. The van der Waals surface area contributed by atoms with Crippen molar-refractivity contribution in [3.8, 4) is 0 Å². The summed E-state index contributed by atoms with van der Waals surface area (Å²) in [6.07, 6.45) is 4.28. The number of hydrogen-bond acceptors (Lipinski definition) is 3. The van der Waals surface area contributed by atoms with Gasteiger partial charge in [0.15, 0.2) is 0 Å². The Morgan fingerprint density at radius 1 is 1.89 bits per heavy atom. The smallest absolute Gasteiger partial charge is 0.231 e. The number of imidazole rings is 1. The Kier molecular flexibility index (Phi) is 4.00. The zero-order chi connectivity index (χ0) is 7.11. The van der Waals surface area contributed by atoms with Crippen LogP contribution in [0.2, 0.25) is 0 Å². The van der Waals surface area contributed by atoms with E-state index in [4.69, 9.17) is 10.2 Å². The molecular weight excluding hydrogens is 118 g/mol. The average Bonchev–Trinajstić information content (AvgIpc) is 2.20. The average molecular weight is 125 g/mol. The van der Waals surface area contributed by atoms with E-state index in [1.807, 2.05) is 6.92 Å². The highest BCUT2D eigenvalue weighted by molar-refractivity contribution is 5.26. The summed E-state index contributed by atoms with van der Waals surface area (Å²) in [5.41, 5.74) is 0. The predicted octanol–water partition coefficient (Wildman–Crippen LogP) is 0.619. The normalized spacial score (nSPS) is 6.78. The Morgan fingerprint density at radius 2 is 2.44 bits per heavy atom. The summed E-state index contributed by atoms with van der Waals surface area (Å²) in [5.74, 6) is 0.968. The third-order valence-electron chi connectivity index (χ3n) is 0.635. The number of rotatable bonds is 0. The number of isocyanates is 1. The minimum atomic E-state index is 0.750. The first-order valence-electron chi connectivity index (χ1n) is 2.31. The lowest BCUT2D eigenvalue weighted by atomic mass is 10.8. The molecule has 9 heavy (non-hydrogen) atoms. The van der Waals surface area contributed by atoms with E-state index in [-0.39, 0.29) is 0 Å². The minimum Gasteiger partial charge on any atom is -0.349 e. The molecule has 0 bridgehead atoms. The van der Waals surface area contributed by atoms with Crippen LogP contribution in [0.3, 0.4) is 0 Å². The lowest BCUT2D eigenvalue weighted by Crippen LogP contribution is -1.66. The summed E-state index contributed by atoms with van der Waals surface area (Å²) in [4.78, 5) is 15.1. The second kappa shape index (κ2) is 4.74. The maximum atomic E-state index is 8.35. The fraction of sp³-hybridized carbons (Fsp3) is 0.200. The van der Waals surface area contributed by atoms with Gasteiger partial charge >= 0.3 is 0 Å². The number of nitrogens with zero attached hydrogens (tertiary/aromatic N) is 1. The van der Waals surface area contributed by atoms with Gasteiger partial charge in [-0.25, -0.2) is 15.2 Å². The lowest BCUT2D eigenvalue weighted by Gasteiger charge is -1.68. The molecular formula is C5H7N3O. The van der Waals surface area contributed by atoms with Crippen molar-refractivity contribution in [3.63, 3.8) is 0 Å². The van der Waals surface area contributed by atoms with E-state index >= 15 is 0 Å². The van der Waals surface area contributed by atoms with E-state index in [0.717, 1.165) is 11.9 Å². The molecule has 0 saturated heterocycles. The molecule has 4 nitrogen and oxygen atoms in total. The molecule has 0 radical (unpaired) electrons. The zero-order valence-corrected chi connectivity index (χ0v) is 5.01. The van der Waals surface area contributed by atoms with E-state index in [2.05, 4.69) is 9.97 Å². The maximum Gasteiger partial charge on any atom is 0.231 e. The van der Waals surface area contributed by atoms with Crippen LogP contribution in [0.25, 0.3) is 0 Å². The van der Waals surface area contributed by atoms with Crippen LogP contribution in [0.1, 0.15) is 5.82 Å². The van der Waals surface area contributed by atoms with Crippen LogP contribution in [-0.4, -0.2) is 16.0 Å². The van der Waals surface area contributed by atoms with Crippen LogP contribution in [0.4, 0.5) is 0 Å². The Labute approximate surface area is 52.4 Å². The largest absolute Gasteiger partial charge is 0.349 e. The molecule has 0 amide bonds. The number of aromatic nitrogens is 2. The van der Waals surface area contributed by atoms with Crippen LogP contribution >= 0.6 is 0 Å². The summed E-state index contributed by atoms with van der Waals surface area (Å²) in [5, 5.41) is 5.40. The van der Waals surface area contributed by atoms with Gasteiger partial charge < -0.3 is 4.98 Å². The number of carbonyl (C=O) groups excluding carboxylic acids is 1. The fourth-order valence-electron chi connectivity index (χ4n) is 0.344. The zero-order valence-electron chi connectivity index (χ0n) is 5.01. The molecule has 48 valence electrons. The van der Waals surface area contributed by atoms with Gasteiger partial charge in [-0.15, -0.1) is 0 Å². The molecule has 0 aliphatic heterocycles. The summed E-state index contributed by atoms with van der Waals surface area (Å²) in [6.45, 7) is 1.92. The van der Waals surface area contributed by atoms with Crippen molar-refractivity contribution in [2.24, 2.45) is 0 Å². The van der Waals surface area contributed by atoms with Crippen molar-refractivity contribution < 1.29 is 4.79 Å². The molecule has 0 aromatic carbocycles. The van der Waals surface area contributed by atoms with E-state index < -0.39 is 0 Å². The molecule has 2 N–H and O–H groups in total. The summed E-state index contributed by atoms with van der Waals surface area (Å²) >= 11 is 0. The van der Waals surface area contributed by atoms with Gasteiger partial charge in [0.25, 0.3) is 0 Å². The molecule has 0 spiro atoms. The number of nitrogens with one attached hydrogen (secondary N) is 2. The Hall–Kier alpha value is -1.41. The molecule has 0 atom stereocenters. The van der Waals surface area contributed by atoms with Gasteiger partial charge in [0.2, 0.25) is 6.08 Å². The van der Waals surface area contributed by atoms with Crippen LogP contribution in [-0.2, 0) is 4.79 Å². The monoisotopic (exact) mass is 125 g/mol. The molecule has 0 aliphatic carbocycles. The molecule has 1 rings (SSSR count). The Morgan fingerprint density at radius 3 is 2.56 bits per heavy atom. The van der Waals surface area contributed by atoms with Gasteiger partial charge in [0.05, 0.1) is 0 Å². The summed E-state index contributed by atoms with van der Waals surface area (Å²) < 4.78 is 0. The molecule has 0 unspecified atom stereocenters. The molecule has 1 heterocycles. The number of aromatic amines is 1. The third kappa shape index (κ3) is 4.44. The van der Waals surface area contributed by atoms with E-state index in [1.165, 1.54) is 0 Å². The van der Waals surface area contributed by atoms with Gasteiger partial charge in [-0.1, -0.05) is 0 Å². The first kappa shape index (κ1) is 7.59. The first-order chi connectivity index (χ1) is 4.31. The molecule has 4 heteroatoms. The highest BCUT2D eigenvalue weighted by atomic mass is 16.1. The second-order valence-corrected chi connectivity index (χ2v) is 1.28. The SMILES string of the molecule is Cc1ncc[nH]1.N=C=O. The topological polar surface area (TPSA) is 69.6 Å². The summed E-state index contributed by atoms with van der Waals surface area (Å²) in [6, 6.07) is 0. The van der Waals surface area contributed by atoms with Crippen molar-refractivity contribution >= 4 is 6.08 Å². The highest BCUT2D eigenvalue weighted by Gasteiger charge is 1.73. The number of aryl methyl sites for hydroxylation is 1. The number of H-pyrrole nitrogens is 1. The van der Waals surface area contributed by atoms with Crippen LogP contribution in [0.15, 0.2) is 12.4 Å². The molecule has 1 aromatic heterocycles. The van der Waals surface area contributed by atoms with Gasteiger partial charge in [-0.2, -0.15) is 0 Å². The van der Waals surface area contributed by atoms with Crippen molar-refractivity contribution in [1.29, 1.82) is 5.41 Å². The molecule has 0 aliphatic rings. The van der Waals surface area contributed by atoms with E-state index in [1.54, 1.807) is 12.4 Å². The summed E-state index contributed by atoms with van der Waals surface area (Å²) in [7, 11) is 0. The van der Waals surface area contributed by atoms with E-state index in [0.29, 0.717) is 0 Å². The quantitative estimate of drug-likeness (QED) is 0.394. The first-order valence-corrected chi connectivity index (χ1v) is 2.31. The third-order valence-corrected chi connectivity index (χ3v) is 0.635. The fourth-order valence-corrected chi connectivity index (χ4v) is 0.344. The Balaban J connectivity index is 0.000000187. The molecule has 0 saturated carbocycles. The van der Waals surface area contributed by atoms with Gasteiger partial charge in [-0.05, 0) is 6.92 Å². The standard InChI is InChI=1S/C4H6N2.CHNO/c1-4-5-2-3-6-4;2-1-3/h2-3H,1H3,(H,5,6);2H. The van der Waals surface area contributed by atoms with E-state index in [9.17, 15) is 0 Å². The van der Waals surface area contributed by atoms with Gasteiger partial charge in [0, 0.05) is 12.4 Å². The van der Waals surface area contributed by atoms with Crippen LogP contribution < -0.4 is 0 Å². The van der Waals surface area contributed by atoms with Crippen LogP contribution in [0.5, 0.6) is 0 Å². The predicted molar refractivity (Wildman–Crippen MR) is 31.7 cm³/mol. The molecule has 1 aromatic rings. The van der Waals surface area contributed by atoms with Crippen molar-refractivity contribution in [2.45, 2.75) is 6.92 Å². The molecule has 0 fully saturated rings. The van der Waals surface area contributed by atoms with Crippen LogP contribution in [0, 0.1) is 12.3 Å². The Bertz CT molecular complexity index is 174. The maximum absolute atomic E-state index is 8.35. The second-order valence-electron chi connectivity index (χ2n) is 1.28. The van der Waals surface area contributed by atoms with Crippen molar-refractivity contribution in [2.75, 3.05) is 0 Å².